The van der Waals surface area contributed by atoms with Gasteiger partial charge >= 0.3 is 5.97 Å². The Morgan fingerprint density at radius 3 is 2.80 bits per heavy atom. The minimum atomic E-state index is -0.608. The zero-order chi connectivity index (χ0) is 18.2. The standard InChI is InChI=1S/C16H17N3O5S/c1-4-24-11-6-5-10(7-12(11)22-2)9-17-19-16-18-15(21)13(25-16)8-14(20)23-3/h5-9H,4H2,1-3H3,(H,18,19,21)/b13-8+,17-9?. The minimum absolute atomic E-state index is 0.198. The molecule has 0 aromatic heterocycles. The molecule has 1 saturated heterocycles. The second kappa shape index (κ2) is 8.88. The first kappa shape index (κ1) is 18.5. The number of ether oxygens (including phenoxy) is 3. The molecule has 1 aromatic rings. The number of carbonyl (C=O) groups excluding carboxylic acids is 2. The summed E-state index contributed by atoms with van der Waals surface area (Å²) in [6.07, 6.45) is 2.61. The largest absolute Gasteiger partial charge is 0.493 e. The molecule has 8 nitrogen and oxygen atoms in total. The van der Waals surface area contributed by atoms with Gasteiger partial charge in [-0.05, 0) is 42.4 Å². The topological polar surface area (TPSA) is 98.6 Å². The molecule has 1 heterocycles. The molecule has 25 heavy (non-hydrogen) atoms. The van der Waals surface area contributed by atoms with Crippen molar-refractivity contribution in [2.45, 2.75) is 6.92 Å². The molecule has 1 amide bonds. The normalized spacial score (nSPS) is 17.2. The number of nitrogens with zero attached hydrogens (tertiary/aromatic N) is 2. The monoisotopic (exact) mass is 363 g/mol. The fourth-order valence-corrected chi connectivity index (χ4v) is 2.57. The molecule has 1 aliphatic rings. The Morgan fingerprint density at radius 2 is 2.12 bits per heavy atom. The molecule has 0 atom stereocenters. The first-order valence-electron chi connectivity index (χ1n) is 7.28. The number of amides is 1. The molecule has 0 unspecified atom stereocenters. The van der Waals surface area contributed by atoms with Crippen LogP contribution in [0.1, 0.15) is 12.5 Å². The van der Waals surface area contributed by atoms with Crippen LogP contribution in [0.25, 0.3) is 0 Å². The van der Waals surface area contributed by atoms with Crippen molar-refractivity contribution in [3.05, 3.63) is 34.7 Å². The van der Waals surface area contributed by atoms with Crippen molar-refractivity contribution in [2.75, 3.05) is 20.8 Å². The molecule has 0 radical (unpaired) electrons. The lowest BCUT2D eigenvalue weighted by Gasteiger charge is -2.09. The number of amidine groups is 1. The van der Waals surface area contributed by atoms with E-state index in [0.717, 1.165) is 23.4 Å². The van der Waals surface area contributed by atoms with Crippen molar-refractivity contribution >= 4 is 35.0 Å². The van der Waals surface area contributed by atoms with Gasteiger partial charge in [0.2, 0.25) is 0 Å². The summed E-state index contributed by atoms with van der Waals surface area (Å²) in [4.78, 5) is 23.0. The average Bonchev–Trinajstić information content (AvgIpc) is 2.95. The summed E-state index contributed by atoms with van der Waals surface area (Å²) >= 11 is 1.01. The van der Waals surface area contributed by atoms with Crippen LogP contribution in [-0.4, -0.2) is 44.1 Å². The van der Waals surface area contributed by atoms with E-state index in [9.17, 15) is 9.59 Å². The fourth-order valence-electron chi connectivity index (χ4n) is 1.83. The van der Waals surface area contributed by atoms with Crippen molar-refractivity contribution in [3.63, 3.8) is 0 Å². The highest BCUT2D eigenvalue weighted by Crippen LogP contribution is 2.27. The van der Waals surface area contributed by atoms with Gasteiger partial charge in [-0.15, -0.1) is 5.10 Å². The van der Waals surface area contributed by atoms with Gasteiger partial charge in [0, 0.05) is 6.08 Å². The van der Waals surface area contributed by atoms with Crippen LogP contribution in [0.5, 0.6) is 11.5 Å². The van der Waals surface area contributed by atoms with Gasteiger partial charge < -0.3 is 14.2 Å². The molecule has 1 fully saturated rings. The quantitative estimate of drug-likeness (QED) is 0.357. The Morgan fingerprint density at radius 1 is 1.32 bits per heavy atom. The van der Waals surface area contributed by atoms with E-state index in [0.29, 0.717) is 18.1 Å². The number of benzene rings is 1. The molecular weight excluding hydrogens is 346 g/mol. The predicted molar refractivity (Wildman–Crippen MR) is 95.0 cm³/mol. The Kier molecular flexibility index (Phi) is 6.58. The van der Waals surface area contributed by atoms with Crippen LogP contribution in [0.2, 0.25) is 0 Å². The third kappa shape index (κ3) is 5.08. The van der Waals surface area contributed by atoms with Crippen molar-refractivity contribution in [1.82, 2.24) is 5.32 Å². The van der Waals surface area contributed by atoms with Gasteiger partial charge in [-0.2, -0.15) is 5.10 Å². The van der Waals surface area contributed by atoms with E-state index in [1.165, 1.54) is 13.3 Å². The van der Waals surface area contributed by atoms with Crippen molar-refractivity contribution < 1.29 is 23.8 Å². The number of esters is 1. The summed E-state index contributed by atoms with van der Waals surface area (Å²) in [7, 11) is 2.79. The molecule has 1 N–H and O–H groups in total. The lowest BCUT2D eigenvalue weighted by atomic mass is 10.2. The van der Waals surface area contributed by atoms with E-state index < -0.39 is 11.9 Å². The van der Waals surface area contributed by atoms with E-state index in [1.807, 2.05) is 6.92 Å². The lowest BCUT2D eigenvalue weighted by molar-refractivity contribution is -0.135. The zero-order valence-corrected chi connectivity index (χ0v) is 14.8. The lowest BCUT2D eigenvalue weighted by Crippen LogP contribution is -2.19. The molecule has 0 aliphatic carbocycles. The zero-order valence-electron chi connectivity index (χ0n) is 13.9. The van der Waals surface area contributed by atoms with Crippen LogP contribution < -0.4 is 14.8 Å². The van der Waals surface area contributed by atoms with Gasteiger partial charge in [0.05, 0.1) is 31.9 Å². The number of methoxy groups -OCH3 is 2. The summed E-state index contributed by atoms with van der Waals surface area (Å²) < 4.78 is 15.2. The first-order chi connectivity index (χ1) is 12.1. The van der Waals surface area contributed by atoms with Crippen molar-refractivity contribution in [3.8, 4) is 11.5 Å². The van der Waals surface area contributed by atoms with E-state index in [4.69, 9.17) is 9.47 Å². The van der Waals surface area contributed by atoms with E-state index in [-0.39, 0.29) is 10.1 Å². The summed E-state index contributed by atoms with van der Waals surface area (Å²) in [5.74, 6) is 0.200. The SMILES string of the molecule is CCOc1ccc(C=N/N=C2/NC(=O)/C(=C\C(=O)OC)S2)cc1OC. The number of hydrogen-bond acceptors (Lipinski definition) is 8. The molecule has 1 aromatic carbocycles. The van der Waals surface area contributed by atoms with E-state index in [1.54, 1.807) is 25.3 Å². The molecular formula is C16H17N3O5S. The highest BCUT2D eigenvalue weighted by atomic mass is 32.2. The van der Waals surface area contributed by atoms with Crippen LogP contribution in [0.4, 0.5) is 0 Å². The molecule has 1 aliphatic heterocycles. The third-order valence-corrected chi connectivity index (χ3v) is 3.84. The Bertz CT molecular complexity index is 758. The molecule has 0 bridgehead atoms. The molecule has 132 valence electrons. The smallest absolute Gasteiger partial charge is 0.331 e. The van der Waals surface area contributed by atoms with E-state index >= 15 is 0 Å². The second-order valence-electron chi connectivity index (χ2n) is 4.58. The van der Waals surface area contributed by atoms with Gasteiger partial charge in [-0.3, -0.25) is 10.1 Å². The number of carbonyl (C=O) groups is 2. The van der Waals surface area contributed by atoms with Gasteiger partial charge in [-0.1, -0.05) is 0 Å². The highest BCUT2D eigenvalue weighted by Gasteiger charge is 2.24. The van der Waals surface area contributed by atoms with Crippen molar-refractivity contribution in [2.24, 2.45) is 10.2 Å². The van der Waals surface area contributed by atoms with Crippen molar-refractivity contribution in [1.29, 1.82) is 0 Å². The van der Waals surface area contributed by atoms with Gasteiger partial charge in [0.1, 0.15) is 0 Å². The van der Waals surface area contributed by atoms with Gasteiger partial charge in [-0.25, -0.2) is 4.79 Å². The molecule has 2 rings (SSSR count). The Labute approximate surface area is 148 Å². The summed E-state index contributed by atoms with van der Waals surface area (Å²) in [6.45, 7) is 2.43. The predicted octanol–water partition coefficient (Wildman–Crippen LogP) is 1.70. The summed E-state index contributed by atoms with van der Waals surface area (Å²) in [6, 6.07) is 5.35. The molecule has 0 spiro atoms. The van der Waals surface area contributed by atoms with Crippen LogP contribution in [0.3, 0.4) is 0 Å². The Hall–Kier alpha value is -2.81. The number of nitrogens with one attached hydrogen (secondary N) is 1. The minimum Gasteiger partial charge on any atom is -0.493 e. The number of thioether (sulfide) groups is 1. The average molecular weight is 363 g/mol. The summed E-state index contributed by atoms with van der Waals surface area (Å²) in [5, 5.41) is 10.6. The van der Waals surface area contributed by atoms with Crippen LogP contribution >= 0.6 is 11.8 Å². The molecule has 0 saturated carbocycles. The van der Waals surface area contributed by atoms with Crippen LogP contribution in [0, 0.1) is 0 Å². The maximum atomic E-state index is 11.7. The second-order valence-corrected chi connectivity index (χ2v) is 5.61. The van der Waals surface area contributed by atoms with E-state index in [2.05, 4.69) is 20.3 Å². The highest BCUT2D eigenvalue weighted by molar-refractivity contribution is 8.18. The maximum Gasteiger partial charge on any atom is 0.331 e. The Balaban J connectivity index is 2.08. The number of hydrogen-bond donors (Lipinski definition) is 1. The van der Waals surface area contributed by atoms with Gasteiger partial charge in [0.15, 0.2) is 16.7 Å². The third-order valence-electron chi connectivity index (χ3n) is 2.94. The molecule has 9 heteroatoms. The fraction of sp³-hybridized carbons (Fsp3) is 0.250. The maximum absolute atomic E-state index is 11.7. The summed E-state index contributed by atoms with van der Waals surface area (Å²) in [5.41, 5.74) is 0.754. The first-order valence-corrected chi connectivity index (χ1v) is 8.09. The van der Waals surface area contributed by atoms with Crippen LogP contribution in [0.15, 0.2) is 39.4 Å². The van der Waals surface area contributed by atoms with Crippen LogP contribution in [-0.2, 0) is 14.3 Å². The van der Waals surface area contributed by atoms with Gasteiger partial charge in [0.25, 0.3) is 5.91 Å². The number of rotatable bonds is 6.